The molecule has 0 fully saturated rings. The first-order valence-electron chi connectivity index (χ1n) is 10.6. The average molecular weight is 538 g/mol. The maximum absolute atomic E-state index is 13.9. The molecular formula is C25H25Cl2NO6S. The number of rotatable bonds is 10. The SMILES string of the molecule is CCOC(=O)CN(c1ccc(Cl)cc1Cc1ccccc1Cl)S(=O)(=O)c1ccc(OC)cc1OC. The normalized spacial score (nSPS) is 11.1. The fourth-order valence-electron chi connectivity index (χ4n) is 3.52. The maximum atomic E-state index is 13.9. The van der Waals surface area contributed by atoms with Crippen LogP contribution in [-0.2, 0) is 26.0 Å². The van der Waals surface area contributed by atoms with E-state index in [4.69, 9.17) is 37.4 Å². The van der Waals surface area contributed by atoms with E-state index in [1.807, 2.05) is 12.1 Å². The van der Waals surface area contributed by atoms with Crippen molar-refractivity contribution in [2.75, 3.05) is 31.7 Å². The van der Waals surface area contributed by atoms with Gasteiger partial charge in [-0.15, -0.1) is 0 Å². The van der Waals surface area contributed by atoms with Crippen molar-refractivity contribution in [2.45, 2.75) is 18.2 Å². The predicted octanol–water partition coefficient (Wildman–Crippen LogP) is 5.36. The molecule has 0 bridgehead atoms. The summed E-state index contributed by atoms with van der Waals surface area (Å²) in [6.07, 6.45) is 0.282. The molecule has 3 rings (SSSR count). The number of hydrogen-bond acceptors (Lipinski definition) is 6. The summed E-state index contributed by atoms with van der Waals surface area (Å²) in [7, 11) is -1.48. The molecule has 0 aliphatic heterocycles. The van der Waals surface area contributed by atoms with Crippen molar-refractivity contribution < 1.29 is 27.4 Å². The predicted molar refractivity (Wildman–Crippen MR) is 136 cm³/mol. The van der Waals surface area contributed by atoms with E-state index in [0.29, 0.717) is 21.4 Å². The van der Waals surface area contributed by atoms with Crippen LogP contribution in [0.15, 0.2) is 65.6 Å². The van der Waals surface area contributed by atoms with Gasteiger partial charge in [-0.2, -0.15) is 0 Å². The Kier molecular flexibility index (Phi) is 8.88. The third-order valence-electron chi connectivity index (χ3n) is 5.17. The molecule has 0 N–H and O–H groups in total. The number of benzene rings is 3. The number of carbonyl (C=O) groups is 1. The smallest absolute Gasteiger partial charge is 0.326 e. The second-order valence-electron chi connectivity index (χ2n) is 7.37. The lowest BCUT2D eigenvalue weighted by molar-refractivity contribution is -0.141. The highest BCUT2D eigenvalue weighted by atomic mass is 35.5. The number of hydrogen-bond donors (Lipinski definition) is 0. The van der Waals surface area contributed by atoms with Gasteiger partial charge in [0.1, 0.15) is 22.9 Å². The van der Waals surface area contributed by atoms with E-state index >= 15 is 0 Å². The van der Waals surface area contributed by atoms with Gasteiger partial charge in [-0.25, -0.2) is 8.42 Å². The summed E-state index contributed by atoms with van der Waals surface area (Å²) in [4.78, 5) is 12.4. The lowest BCUT2D eigenvalue weighted by atomic mass is 10.0. The zero-order valence-corrected chi connectivity index (χ0v) is 21.8. The Labute approximate surface area is 215 Å². The number of halogens is 2. The highest BCUT2D eigenvalue weighted by molar-refractivity contribution is 7.93. The third-order valence-corrected chi connectivity index (χ3v) is 7.57. The molecule has 0 unspecified atom stereocenters. The Morgan fingerprint density at radius 2 is 1.69 bits per heavy atom. The molecule has 35 heavy (non-hydrogen) atoms. The van der Waals surface area contributed by atoms with Crippen molar-refractivity contribution in [3.63, 3.8) is 0 Å². The van der Waals surface area contributed by atoms with Crippen LogP contribution < -0.4 is 13.8 Å². The van der Waals surface area contributed by atoms with Gasteiger partial charge < -0.3 is 14.2 Å². The fraction of sp³-hybridized carbons (Fsp3) is 0.240. The number of methoxy groups -OCH3 is 2. The van der Waals surface area contributed by atoms with Crippen molar-refractivity contribution in [3.8, 4) is 11.5 Å². The van der Waals surface area contributed by atoms with Gasteiger partial charge in [-0.1, -0.05) is 41.4 Å². The number of nitrogens with zero attached hydrogens (tertiary/aromatic N) is 1. The van der Waals surface area contributed by atoms with E-state index in [-0.39, 0.29) is 29.4 Å². The van der Waals surface area contributed by atoms with Crippen molar-refractivity contribution >= 4 is 44.9 Å². The molecule has 0 amide bonds. The Morgan fingerprint density at radius 1 is 0.943 bits per heavy atom. The molecule has 10 heteroatoms. The van der Waals surface area contributed by atoms with Gasteiger partial charge >= 0.3 is 5.97 Å². The molecule has 0 saturated heterocycles. The van der Waals surface area contributed by atoms with E-state index in [0.717, 1.165) is 9.87 Å². The summed E-state index contributed by atoms with van der Waals surface area (Å²) in [5, 5.41) is 0.932. The Hall–Kier alpha value is -2.94. The van der Waals surface area contributed by atoms with E-state index in [1.165, 1.54) is 32.4 Å². The molecule has 3 aromatic rings. The molecule has 0 aliphatic carbocycles. The van der Waals surface area contributed by atoms with Crippen LogP contribution in [0.3, 0.4) is 0 Å². The van der Waals surface area contributed by atoms with Gasteiger partial charge in [0.05, 0.1) is 26.5 Å². The number of sulfonamides is 1. The van der Waals surface area contributed by atoms with Crippen LogP contribution in [0.25, 0.3) is 0 Å². The van der Waals surface area contributed by atoms with Crippen LogP contribution in [0, 0.1) is 0 Å². The molecule has 0 spiro atoms. The van der Waals surface area contributed by atoms with Gasteiger partial charge in [0.25, 0.3) is 10.0 Å². The standard InChI is InChI=1S/C25H25Cl2NO6S/c1-4-34-25(29)16-28(35(30,31)24-12-10-20(32-2)15-23(24)33-3)22-11-9-19(26)14-18(22)13-17-7-5-6-8-21(17)27/h5-12,14-15H,4,13,16H2,1-3H3. The van der Waals surface area contributed by atoms with Crippen LogP contribution in [-0.4, -0.2) is 41.8 Å². The minimum absolute atomic E-state index is 0.0693. The first-order chi connectivity index (χ1) is 16.7. The maximum Gasteiger partial charge on any atom is 0.326 e. The Morgan fingerprint density at radius 3 is 2.34 bits per heavy atom. The molecule has 186 valence electrons. The molecule has 7 nitrogen and oxygen atoms in total. The van der Waals surface area contributed by atoms with E-state index in [9.17, 15) is 13.2 Å². The van der Waals surface area contributed by atoms with Gasteiger partial charge in [-0.05, 0) is 54.4 Å². The molecular weight excluding hydrogens is 513 g/mol. The number of anilines is 1. The number of ether oxygens (including phenoxy) is 3. The van der Waals surface area contributed by atoms with E-state index < -0.39 is 22.5 Å². The van der Waals surface area contributed by atoms with Crippen LogP contribution >= 0.6 is 23.2 Å². The highest BCUT2D eigenvalue weighted by Gasteiger charge is 2.32. The van der Waals surface area contributed by atoms with Gasteiger partial charge in [0.2, 0.25) is 0 Å². The topological polar surface area (TPSA) is 82.1 Å². The summed E-state index contributed by atoms with van der Waals surface area (Å²) in [5.41, 5.74) is 1.60. The first kappa shape index (κ1) is 26.7. The van der Waals surface area contributed by atoms with E-state index in [2.05, 4.69) is 0 Å². The quantitative estimate of drug-likeness (QED) is 0.324. The van der Waals surface area contributed by atoms with Crippen LogP contribution in [0.1, 0.15) is 18.1 Å². The monoisotopic (exact) mass is 537 g/mol. The molecule has 0 heterocycles. The molecule has 0 radical (unpaired) electrons. The molecule has 0 atom stereocenters. The number of esters is 1. The zero-order chi connectivity index (χ0) is 25.6. The number of carbonyl (C=O) groups excluding carboxylic acids is 1. The second-order valence-corrected chi connectivity index (χ2v) is 10.0. The lowest BCUT2D eigenvalue weighted by Crippen LogP contribution is -2.37. The van der Waals surface area contributed by atoms with Crippen LogP contribution in [0.5, 0.6) is 11.5 Å². The minimum atomic E-state index is -4.30. The minimum Gasteiger partial charge on any atom is -0.497 e. The Bertz CT molecular complexity index is 1310. The largest absolute Gasteiger partial charge is 0.497 e. The van der Waals surface area contributed by atoms with Crippen molar-refractivity contribution in [1.29, 1.82) is 0 Å². The fourth-order valence-corrected chi connectivity index (χ4v) is 5.50. The summed E-state index contributed by atoms with van der Waals surface area (Å²) in [5.74, 6) is -0.217. The van der Waals surface area contributed by atoms with Crippen molar-refractivity contribution in [3.05, 3.63) is 81.8 Å². The van der Waals surface area contributed by atoms with Gasteiger partial charge in [-0.3, -0.25) is 9.10 Å². The Balaban J connectivity index is 2.19. The van der Waals surface area contributed by atoms with Crippen molar-refractivity contribution in [2.24, 2.45) is 0 Å². The average Bonchev–Trinajstić information content (AvgIpc) is 2.84. The molecule has 0 saturated carbocycles. The van der Waals surface area contributed by atoms with Crippen LogP contribution in [0.2, 0.25) is 10.0 Å². The molecule has 3 aromatic carbocycles. The summed E-state index contributed by atoms with van der Waals surface area (Å²) in [6.45, 7) is 1.20. The molecule has 0 aliphatic rings. The van der Waals surface area contributed by atoms with Gasteiger partial charge in [0, 0.05) is 22.5 Å². The highest BCUT2D eigenvalue weighted by Crippen LogP contribution is 2.36. The third kappa shape index (κ3) is 6.20. The first-order valence-corrected chi connectivity index (χ1v) is 12.8. The zero-order valence-electron chi connectivity index (χ0n) is 19.5. The second kappa shape index (κ2) is 11.7. The summed E-state index contributed by atoms with van der Waals surface area (Å²) < 4.78 is 44.5. The summed E-state index contributed by atoms with van der Waals surface area (Å²) >= 11 is 12.6. The molecule has 0 aromatic heterocycles. The van der Waals surface area contributed by atoms with Crippen molar-refractivity contribution in [1.82, 2.24) is 0 Å². The van der Waals surface area contributed by atoms with E-state index in [1.54, 1.807) is 37.3 Å². The summed E-state index contributed by atoms with van der Waals surface area (Å²) in [6, 6.07) is 16.3. The van der Waals surface area contributed by atoms with Gasteiger partial charge in [0.15, 0.2) is 0 Å². The lowest BCUT2D eigenvalue weighted by Gasteiger charge is -2.27. The van der Waals surface area contributed by atoms with Crippen LogP contribution in [0.4, 0.5) is 5.69 Å².